The third-order valence-electron chi connectivity index (χ3n) is 2.73. The molecule has 0 aliphatic rings. The van der Waals surface area contributed by atoms with E-state index in [1.54, 1.807) is 29.6 Å². The van der Waals surface area contributed by atoms with Crippen LogP contribution in [0.1, 0.15) is 5.56 Å². The molecule has 0 saturated carbocycles. The van der Waals surface area contributed by atoms with Gasteiger partial charge in [0.2, 0.25) is 0 Å². The van der Waals surface area contributed by atoms with Crippen molar-refractivity contribution in [2.24, 2.45) is 7.05 Å². The van der Waals surface area contributed by atoms with E-state index in [4.69, 9.17) is 5.73 Å². The van der Waals surface area contributed by atoms with Gasteiger partial charge in [0.25, 0.3) is 0 Å². The molecule has 4 nitrogen and oxygen atoms in total. The van der Waals surface area contributed by atoms with Crippen LogP contribution in [0, 0.1) is 6.92 Å². The van der Waals surface area contributed by atoms with E-state index in [-0.39, 0.29) is 5.75 Å². The standard InChI is InChI=1S/C12H15N3OS/c1-7-4-5-9(17-3)11(12(7)16)8-6-10(13)15(2)14-8/h4-6,16H,13H2,1-3H3. The molecule has 1 heterocycles. The number of phenols is 1. The van der Waals surface area contributed by atoms with Gasteiger partial charge in [-0.25, -0.2) is 0 Å². The number of thioether (sulfide) groups is 1. The maximum Gasteiger partial charge on any atom is 0.129 e. The molecule has 5 heteroatoms. The number of rotatable bonds is 2. The molecule has 0 amide bonds. The number of anilines is 1. The molecule has 2 aromatic rings. The third-order valence-corrected chi connectivity index (χ3v) is 3.51. The summed E-state index contributed by atoms with van der Waals surface area (Å²) in [6.07, 6.45) is 1.97. The average Bonchev–Trinajstić information content (AvgIpc) is 2.62. The van der Waals surface area contributed by atoms with Crippen molar-refractivity contribution in [1.29, 1.82) is 0 Å². The van der Waals surface area contributed by atoms with Crippen LogP contribution in [0.2, 0.25) is 0 Å². The van der Waals surface area contributed by atoms with E-state index in [0.717, 1.165) is 16.0 Å². The Morgan fingerprint density at radius 2 is 2.12 bits per heavy atom. The maximum absolute atomic E-state index is 10.2. The summed E-state index contributed by atoms with van der Waals surface area (Å²) in [5.41, 5.74) is 8.06. The van der Waals surface area contributed by atoms with E-state index in [2.05, 4.69) is 5.10 Å². The Hall–Kier alpha value is -1.62. The van der Waals surface area contributed by atoms with Gasteiger partial charge in [0.15, 0.2) is 0 Å². The highest BCUT2D eigenvalue weighted by Gasteiger charge is 2.15. The predicted molar refractivity (Wildman–Crippen MR) is 71.2 cm³/mol. The minimum Gasteiger partial charge on any atom is -0.507 e. The van der Waals surface area contributed by atoms with Crippen LogP contribution in [-0.4, -0.2) is 21.1 Å². The van der Waals surface area contributed by atoms with Gasteiger partial charge in [0.05, 0.1) is 11.3 Å². The first kappa shape index (κ1) is 11.9. The number of nitrogens with two attached hydrogens (primary N) is 1. The lowest BCUT2D eigenvalue weighted by atomic mass is 10.1. The Kier molecular flexibility index (Phi) is 3.02. The van der Waals surface area contributed by atoms with Crippen molar-refractivity contribution in [3.05, 3.63) is 23.8 Å². The molecule has 0 fully saturated rings. The Morgan fingerprint density at radius 3 is 2.65 bits per heavy atom. The summed E-state index contributed by atoms with van der Waals surface area (Å²) in [7, 11) is 1.78. The fourth-order valence-corrected chi connectivity index (χ4v) is 2.31. The van der Waals surface area contributed by atoms with Gasteiger partial charge in [-0.1, -0.05) is 6.07 Å². The summed E-state index contributed by atoms with van der Waals surface area (Å²) in [5.74, 6) is 0.850. The first-order chi connectivity index (χ1) is 8.04. The second-order valence-corrected chi connectivity index (χ2v) is 4.73. The van der Waals surface area contributed by atoms with Crippen LogP contribution >= 0.6 is 11.8 Å². The van der Waals surface area contributed by atoms with Crippen LogP contribution in [-0.2, 0) is 7.05 Å². The first-order valence-electron chi connectivity index (χ1n) is 5.21. The Balaban J connectivity index is 2.68. The smallest absolute Gasteiger partial charge is 0.129 e. The van der Waals surface area contributed by atoms with Gasteiger partial charge >= 0.3 is 0 Å². The van der Waals surface area contributed by atoms with E-state index in [1.807, 2.05) is 25.3 Å². The third kappa shape index (κ3) is 1.98. The maximum atomic E-state index is 10.2. The first-order valence-corrected chi connectivity index (χ1v) is 6.43. The SMILES string of the molecule is CSc1ccc(C)c(O)c1-c1cc(N)n(C)n1. The number of hydrogen-bond donors (Lipinski definition) is 2. The van der Waals surface area contributed by atoms with Gasteiger partial charge in [-0.3, -0.25) is 4.68 Å². The summed E-state index contributed by atoms with van der Waals surface area (Å²) in [6.45, 7) is 1.87. The molecule has 0 spiro atoms. The van der Waals surface area contributed by atoms with Crippen molar-refractivity contribution in [3.63, 3.8) is 0 Å². The quantitative estimate of drug-likeness (QED) is 0.802. The molecular weight excluding hydrogens is 234 g/mol. The molecule has 0 aliphatic heterocycles. The number of benzene rings is 1. The highest BCUT2D eigenvalue weighted by molar-refractivity contribution is 7.98. The summed E-state index contributed by atoms with van der Waals surface area (Å²) in [5, 5.41) is 14.5. The lowest BCUT2D eigenvalue weighted by Gasteiger charge is -2.09. The monoisotopic (exact) mass is 249 g/mol. The fraction of sp³-hybridized carbons (Fsp3) is 0.250. The number of nitrogen functional groups attached to an aromatic ring is 1. The number of phenolic OH excluding ortho intramolecular Hbond substituents is 1. The van der Waals surface area contributed by atoms with E-state index in [9.17, 15) is 5.11 Å². The summed E-state index contributed by atoms with van der Waals surface area (Å²) < 4.78 is 1.60. The number of aromatic hydroxyl groups is 1. The van der Waals surface area contributed by atoms with Crippen LogP contribution < -0.4 is 5.73 Å². The lowest BCUT2D eigenvalue weighted by molar-refractivity contribution is 0.471. The minimum atomic E-state index is 0.273. The van der Waals surface area contributed by atoms with E-state index >= 15 is 0 Å². The largest absolute Gasteiger partial charge is 0.507 e. The highest BCUT2D eigenvalue weighted by atomic mass is 32.2. The van der Waals surface area contributed by atoms with Crippen molar-refractivity contribution in [2.45, 2.75) is 11.8 Å². The molecule has 0 atom stereocenters. The number of aromatic nitrogens is 2. The van der Waals surface area contributed by atoms with Crippen LogP contribution in [0.5, 0.6) is 5.75 Å². The lowest BCUT2D eigenvalue weighted by Crippen LogP contribution is -1.96. The summed E-state index contributed by atoms with van der Waals surface area (Å²) in [4.78, 5) is 0.992. The zero-order valence-corrected chi connectivity index (χ0v) is 10.9. The predicted octanol–water partition coefficient (Wildman–Crippen LogP) is 2.41. The van der Waals surface area contributed by atoms with Crippen LogP contribution in [0.15, 0.2) is 23.1 Å². The van der Waals surface area contributed by atoms with Gasteiger partial charge in [0, 0.05) is 18.0 Å². The molecule has 90 valence electrons. The molecule has 1 aromatic heterocycles. The molecule has 0 unspecified atom stereocenters. The zero-order valence-electron chi connectivity index (χ0n) is 10.1. The van der Waals surface area contributed by atoms with Gasteiger partial charge in [-0.05, 0) is 24.8 Å². The molecule has 0 aliphatic carbocycles. The second kappa shape index (κ2) is 4.33. The molecule has 0 radical (unpaired) electrons. The normalized spacial score (nSPS) is 10.8. The van der Waals surface area contributed by atoms with E-state index in [0.29, 0.717) is 11.5 Å². The van der Waals surface area contributed by atoms with Gasteiger partial charge < -0.3 is 10.8 Å². The molecule has 2 rings (SSSR count). The molecule has 1 aromatic carbocycles. The van der Waals surface area contributed by atoms with Gasteiger partial charge in [0.1, 0.15) is 11.6 Å². The molecule has 0 saturated heterocycles. The van der Waals surface area contributed by atoms with Gasteiger partial charge in [-0.2, -0.15) is 5.10 Å². The summed E-state index contributed by atoms with van der Waals surface area (Å²) >= 11 is 1.58. The molecule has 17 heavy (non-hydrogen) atoms. The molecular formula is C12H15N3OS. The summed E-state index contributed by atoms with van der Waals surface area (Å²) in [6, 6.07) is 5.66. The van der Waals surface area contributed by atoms with E-state index < -0.39 is 0 Å². The van der Waals surface area contributed by atoms with Crippen LogP contribution in [0.4, 0.5) is 5.82 Å². The number of aryl methyl sites for hydroxylation is 2. The second-order valence-electron chi connectivity index (χ2n) is 3.89. The Bertz CT molecular complexity index is 544. The van der Waals surface area contributed by atoms with Crippen molar-refractivity contribution < 1.29 is 5.11 Å². The highest BCUT2D eigenvalue weighted by Crippen LogP contribution is 2.39. The Morgan fingerprint density at radius 1 is 1.41 bits per heavy atom. The minimum absolute atomic E-state index is 0.273. The van der Waals surface area contributed by atoms with Crippen molar-refractivity contribution in [2.75, 3.05) is 12.0 Å². The topological polar surface area (TPSA) is 64.1 Å². The number of nitrogens with zero attached hydrogens (tertiary/aromatic N) is 2. The van der Waals surface area contributed by atoms with Crippen molar-refractivity contribution in [1.82, 2.24) is 9.78 Å². The molecule has 3 N–H and O–H groups in total. The van der Waals surface area contributed by atoms with E-state index in [1.165, 1.54) is 0 Å². The van der Waals surface area contributed by atoms with Gasteiger partial charge in [-0.15, -0.1) is 11.8 Å². The number of hydrogen-bond acceptors (Lipinski definition) is 4. The average molecular weight is 249 g/mol. The van der Waals surface area contributed by atoms with Crippen molar-refractivity contribution in [3.8, 4) is 17.0 Å². The molecule has 0 bridgehead atoms. The van der Waals surface area contributed by atoms with Crippen LogP contribution in [0.3, 0.4) is 0 Å². The Labute approximate surface area is 104 Å². The van der Waals surface area contributed by atoms with Crippen molar-refractivity contribution >= 4 is 17.6 Å². The van der Waals surface area contributed by atoms with Crippen LogP contribution in [0.25, 0.3) is 11.3 Å². The fourth-order valence-electron chi connectivity index (χ4n) is 1.70. The zero-order chi connectivity index (χ0) is 12.6.